The molecule has 0 aliphatic heterocycles. The van der Waals surface area contributed by atoms with E-state index in [1.807, 2.05) is 42.5 Å². The summed E-state index contributed by atoms with van der Waals surface area (Å²) in [6.07, 6.45) is -0.563. The second kappa shape index (κ2) is 14.7. The molecule has 0 aromatic heterocycles. The fourth-order valence-corrected chi connectivity index (χ4v) is 3.41. The number of benzene rings is 2. The third-order valence-electron chi connectivity index (χ3n) is 5.23. The van der Waals surface area contributed by atoms with Gasteiger partial charge in [0.05, 0.1) is 27.3 Å². The van der Waals surface area contributed by atoms with Gasteiger partial charge in [-0.2, -0.15) is 0 Å². The van der Waals surface area contributed by atoms with Crippen molar-refractivity contribution in [2.45, 2.75) is 52.0 Å². The van der Waals surface area contributed by atoms with Crippen LogP contribution in [0.4, 0.5) is 4.79 Å². The molecule has 10 nitrogen and oxygen atoms in total. The van der Waals surface area contributed by atoms with Gasteiger partial charge in [-0.1, -0.05) is 54.6 Å². The lowest BCUT2D eigenvalue weighted by Gasteiger charge is -2.24. The molecule has 1 N–H and O–H groups in total. The summed E-state index contributed by atoms with van der Waals surface area (Å²) >= 11 is 0. The van der Waals surface area contributed by atoms with E-state index in [9.17, 15) is 19.2 Å². The molecule has 10 heteroatoms. The number of nitrogens with zero attached hydrogens (tertiary/aromatic N) is 1. The van der Waals surface area contributed by atoms with Gasteiger partial charge in [0.25, 0.3) is 0 Å². The number of esters is 3. The first-order chi connectivity index (χ1) is 18.0. The van der Waals surface area contributed by atoms with Gasteiger partial charge in [-0.3, -0.25) is 14.5 Å². The molecule has 0 radical (unpaired) electrons. The van der Waals surface area contributed by atoms with E-state index in [1.165, 1.54) is 14.2 Å². The quantitative estimate of drug-likeness (QED) is 0.327. The van der Waals surface area contributed by atoms with Crippen molar-refractivity contribution in [1.82, 2.24) is 10.2 Å². The first-order valence-electron chi connectivity index (χ1n) is 12.1. The largest absolute Gasteiger partial charge is 0.468 e. The van der Waals surface area contributed by atoms with E-state index in [1.54, 1.807) is 37.8 Å². The molecule has 0 saturated heterocycles. The molecule has 2 aromatic rings. The van der Waals surface area contributed by atoms with E-state index in [0.29, 0.717) is 6.54 Å². The highest BCUT2D eigenvalue weighted by molar-refractivity contribution is 5.82. The molecule has 0 bridgehead atoms. The molecule has 38 heavy (non-hydrogen) atoms. The standard InChI is InChI=1S/C28H36N2O8/c1-28(2,3)38-26(33)23(29-27(34)37-19-22-9-7-6-8-10-22)15-20-11-13-21(14-12-20)16-30(17-24(31)35-4)18-25(32)36-5/h6-14,23H,15-19H2,1-5H3,(H,29,34)/t23-/m0/s1. The minimum Gasteiger partial charge on any atom is -0.468 e. The minimum atomic E-state index is -0.974. The van der Waals surface area contributed by atoms with Crippen molar-refractivity contribution in [3.63, 3.8) is 0 Å². The number of nitrogens with one attached hydrogen (secondary N) is 1. The highest BCUT2D eigenvalue weighted by Gasteiger charge is 2.27. The number of alkyl carbamates (subject to hydrolysis) is 1. The van der Waals surface area contributed by atoms with Crippen LogP contribution in [0.5, 0.6) is 0 Å². The lowest BCUT2D eigenvalue weighted by atomic mass is 10.0. The van der Waals surface area contributed by atoms with Crippen LogP contribution in [-0.2, 0) is 52.9 Å². The average molecular weight is 529 g/mol. The second-order valence-corrected chi connectivity index (χ2v) is 9.61. The van der Waals surface area contributed by atoms with Crippen LogP contribution >= 0.6 is 0 Å². The number of carbonyl (C=O) groups excluding carboxylic acids is 4. The van der Waals surface area contributed by atoms with E-state index >= 15 is 0 Å². The van der Waals surface area contributed by atoms with Crippen LogP contribution in [0.2, 0.25) is 0 Å². The van der Waals surface area contributed by atoms with Crippen LogP contribution < -0.4 is 5.32 Å². The highest BCUT2D eigenvalue weighted by atomic mass is 16.6. The normalized spacial score (nSPS) is 11.8. The van der Waals surface area contributed by atoms with Gasteiger partial charge < -0.3 is 24.3 Å². The summed E-state index contributed by atoms with van der Waals surface area (Å²) in [6.45, 7) is 5.45. The van der Waals surface area contributed by atoms with Crippen molar-refractivity contribution in [3.05, 3.63) is 71.3 Å². The SMILES string of the molecule is COC(=O)CN(CC(=O)OC)Cc1ccc(C[C@H](NC(=O)OCc2ccccc2)C(=O)OC(C)(C)C)cc1. The van der Waals surface area contributed by atoms with Crippen LogP contribution in [0.1, 0.15) is 37.5 Å². The Morgan fingerprint density at radius 2 is 1.37 bits per heavy atom. The number of methoxy groups -OCH3 is 2. The number of rotatable bonds is 12. The average Bonchev–Trinajstić information content (AvgIpc) is 2.87. The zero-order valence-corrected chi connectivity index (χ0v) is 22.5. The first-order valence-corrected chi connectivity index (χ1v) is 12.1. The molecule has 1 atom stereocenters. The van der Waals surface area contributed by atoms with Gasteiger partial charge in [-0.05, 0) is 37.5 Å². The fraction of sp³-hybridized carbons (Fsp3) is 0.429. The molecule has 0 fully saturated rings. The molecule has 2 aromatic carbocycles. The summed E-state index contributed by atoms with van der Waals surface area (Å²) in [4.78, 5) is 50.4. The fourth-order valence-electron chi connectivity index (χ4n) is 3.41. The van der Waals surface area contributed by atoms with Crippen molar-refractivity contribution in [3.8, 4) is 0 Å². The molecule has 206 valence electrons. The molecule has 0 aliphatic carbocycles. The number of ether oxygens (including phenoxy) is 4. The Bertz CT molecular complexity index is 1050. The summed E-state index contributed by atoms with van der Waals surface area (Å²) in [5.74, 6) is -1.53. The zero-order chi connectivity index (χ0) is 28.1. The molecule has 0 spiro atoms. The third-order valence-corrected chi connectivity index (χ3v) is 5.23. The van der Waals surface area contributed by atoms with Crippen molar-refractivity contribution in [2.75, 3.05) is 27.3 Å². The van der Waals surface area contributed by atoms with Gasteiger partial charge >= 0.3 is 24.0 Å². The number of hydrogen-bond acceptors (Lipinski definition) is 9. The maximum Gasteiger partial charge on any atom is 0.408 e. The molecule has 1 amide bonds. The lowest BCUT2D eigenvalue weighted by Crippen LogP contribution is -2.45. The molecule has 0 unspecified atom stereocenters. The highest BCUT2D eigenvalue weighted by Crippen LogP contribution is 2.14. The van der Waals surface area contributed by atoms with Crippen molar-refractivity contribution in [2.24, 2.45) is 0 Å². The van der Waals surface area contributed by atoms with Gasteiger partial charge in [0.15, 0.2) is 0 Å². The minimum absolute atomic E-state index is 0.0655. The Labute approximate surface area is 223 Å². The Morgan fingerprint density at radius 3 is 1.89 bits per heavy atom. The number of carbonyl (C=O) groups is 4. The Kier molecular flexibility index (Phi) is 11.7. The molecule has 0 saturated carbocycles. The Morgan fingerprint density at radius 1 is 0.816 bits per heavy atom. The maximum atomic E-state index is 12.9. The summed E-state index contributed by atoms with van der Waals surface area (Å²) in [5.41, 5.74) is 1.67. The smallest absolute Gasteiger partial charge is 0.408 e. The van der Waals surface area contributed by atoms with Gasteiger partial charge in [-0.25, -0.2) is 9.59 Å². The van der Waals surface area contributed by atoms with Crippen molar-refractivity contribution < 1.29 is 38.1 Å². The third kappa shape index (κ3) is 11.4. The van der Waals surface area contributed by atoms with E-state index < -0.39 is 35.6 Å². The van der Waals surface area contributed by atoms with Crippen LogP contribution in [-0.4, -0.2) is 67.9 Å². The lowest BCUT2D eigenvalue weighted by molar-refractivity contribution is -0.157. The predicted molar refractivity (Wildman–Crippen MR) is 139 cm³/mol. The summed E-state index contributed by atoms with van der Waals surface area (Å²) in [7, 11) is 2.56. The van der Waals surface area contributed by atoms with Crippen molar-refractivity contribution in [1.29, 1.82) is 0 Å². The Hall–Kier alpha value is -3.92. The molecular weight excluding hydrogens is 492 g/mol. The van der Waals surface area contributed by atoms with E-state index in [0.717, 1.165) is 16.7 Å². The van der Waals surface area contributed by atoms with E-state index in [2.05, 4.69) is 5.32 Å². The van der Waals surface area contributed by atoms with Crippen LogP contribution in [0.25, 0.3) is 0 Å². The maximum absolute atomic E-state index is 12.9. The van der Waals surface area contributed by atoms with Crippen LogP contribution in [0, 0.1) is 0 Å². The predicted octanol–water partition coefficient (Wildman–Crippen LogP) is 3.01. The number of amides is 1. The summed E-state index contributed by atoms with van der Waals surface area (Å²) in [5, 5.41) is 2.61. The Balaban J connectivity index is 2.08. The van der Waals surface area contributed by atoms with E-state index in [4.69, 9.17) is 18.9 Å². The first kappa shape index (κ1) is 30.3. The molecular formula is C28H36N2O8. The summed E-state index contributed by atoms with van der Waals surface area (Å²) in [6, 6.07) is 15.5. The van der Waals surface area contributed by atoms with Gasteiger partial charge in [0, 0.05) is 13.0 Å². The van der Waals surface area contributed by atoms with Crippen LogP contribution in [0.3, 0.4) is 0 Å². The van der Waals surface area contributed by atoms with Gasteiger partial charge in [0.1, 0.15) is 18.2 Å². The number of hydrogen-bond donors (Lipinski definition) is 1. The van der Waals surface area contributed by atoms with Crippen molar-refractivity contribution >= 4 is 24.0 Å². The summed E-state index contributed by atoms with van der Waals surface area (Å²) < 4.78 is 20.2. The topological polar surface area (TPSA) is 120 Å². The molecule has 0 aliphatic rings. The molecule has 0 heterocycles. The zero-order valence-electron chi connectivity index (χ0n) is 22.5. The van der Waals surface area contributed by atoms with Crippen LogP contribution in [0.15, 0.2) is 54.6 Å². The molecule has 2 rings (SSSR count). The van der Waals surface area contributed by atoms with Gasteiger partial charge in [0.2, 0.25) is 0 Å². The van der Waals surface area contributed by atoms with E-state index in [-0.39, 0.29) is 26.1 Å². The second-order valence-electron chi connectivity index (χ2n) is 9.61. The monoisotopic (exact) mass is 528 g/mol. The van der Waals surface area contributed by atoms with Gasteiger partial charge in [-0.15, -0.1) is 0 Å².